The number of nitrogens with zero attached hydrogens (tertiary/aromatic N) is 4. The highest BCUT2D eigenvalue weighted by atomic mass is 79.9. The topological polar surface area (TPSA) is 50.6 Å². The van der Waals surface area contributed by atoms with E-state index in [-0.39, 0.29) is 11.8 Å². The maximum atomic E-state index is 13.0. The van der Waals surface area contributed by atoms with Crippen molar-refractivity contribution in [2.75, 3.05) is 47.4 Å². The maximum Gasteiger partial charge on any atom is 0.200 e. The van der Waals surface area contributed by atoms with Gasteiger partial charge in [-0.15, -0.1) is 0 Å². The minimum Gasteiger partial charge on any atom is -0.383 e. The van der Waals surface area contributed by atoms with Gasteiger partial charge in [0.05, 0.1) is 29.9 Å². The van der Waals surface area contributed by atoms with Gasteiger partial charge in [0.15, 0.2) is 5.78 Å². The predicted molar refractivity (Wildman–Crippen MR) is 84.7 cm³/mol. The number of Topliss-reactive ketones (excluding diaryl/α,β-unsaturated/α-hetero) is 1. The number of ketones is 1. The van der Waals surface area contributed by atoms with Crippen LogP contribution in [0, 0.1) is 0 Å². The summed E-state index contributed by atoms with van der Waals surface area (Å²) >= 11 is 3.45. The Morgan fingerprint density at radius 2 is 2.24 bits per heavy atom. The average Bonchev–Trinajstić information content (AvgIpc) is 2.73. The summed E-state index contributed by atoms with van der Waals surface area (Å²) in [6.07, 6.45) is 2.77. The van der Waals surface area contributed by atoms with E-state index in [4.69, 9.17) is 4.74 Å². The van der Waals surface area contributed by atoms with Gasteiger partial charge in [-0.3, -0.25) is 14.4 Å². The highest BCUT2D eigenvalue weighted by Crippen LogP contribution is 2.21. The van der Waals surface area contributed by atoms with Crippen LogP contribution < -0.4 is 0 Å². The average molecular weight is 359 g/mol. The monoisotopic (exact) mass is 358 g/mol. The Morgan fingerprint density at radius 1 is 1.48 bits per heavy atom. The molecule has 0 saturated carbocycles. The Kier molecular flexibility index (Phi) is 5.92. The highest BCUT2D eigenvalue weighted by Gasteiger charge is 2.31. The van der Waals surface area contributed by atoms with Gasteiger partial charge in [-0.05, 0) is 49.5 Å². The van der Waals surface area contributed by atoms with Crippen LogP contribution in [0.2, 0.25) is 0 Å². The van der Waals surface area contributed by atoms with E-state index < -0.39 is 0 Å². The number of carbonyl (C=O) groups excluding carboxylic acids is 1. The minimum absolute atomic E-state index is 0.117. The van der Waals surface area contributed by atoms with Gasteiger partial charge >= 0.3 is 0 Å². The number of hydrogen-bond acceptors (Lipinski definition) is 5. The van der Waals surface area contributed by atoms with Gasteiger partial charge in [0.1, 0.15) is 5.69 Å². The third-order valence-electron chi connectivity index (χ3n) is 3.91. The fraction of sp³-hybridized carbons (Fsp3) is 0.714. The quantitative estimate of drug-likeness (QED) is 0.738. The van der Waals surface area contributed by atoms with Crippen molar-refractivity contribution in [3.8, 4) is 0 Å². The van der Waals surface area contributed by atoms with Crippen LogP contribution in [0.5, 0.6) is 0 Å². The zero-order valence-corrected chi connectivity index (χ0v) is 14.5. The fourth-order valence-corrected chi connectivity index (χ4v) is 3.16. The molecule has 2 rings (SSSR count). The van der Waals surface area contributed by atoms with Crippen molar-refractivity contribution in [3.63, 3.8) is 0 Å². The van der Waals surface area contributed by atoms with Crippen molar-refractivity contribution < 1.29 is 9.53 Å². The molecule has 1 aliphatic rings. The van der Waals surface area contributed by atoms with E-state index in [9.17, 15) is 4.79 Å². The lowest BCUT2D eigenvalue weighted by atomic mass is 10.1. The third-order valence-corrected chi connectivity index (χ3v) is 4.49. The summed E-state index contributed by atoms with van der Waals surface area (Å²) in [6, 6.07) is -0.133. The SMILES string of the molecule is COCCn1ncc(Br)c1C(=O)C1CN(C)CCCN1C. The van der Waals surface area contributed by atoms with E-state index in [0.717, 1.165) is 30.5 Å². The fourth-order valence-electron chi connectivity index (χ4n) is 2.67. The molecule has 0 bridgehead atoms. The Morgan fingerprint density at radius 3 is 2.95 bits per heavy atom. The highest BCUT2D eigenvalue weighted by molar-refractivity contribution is 9.10. The molecule has 1 saturated heterocycles. The van der Waals surface area contributed by atoms with Crippen LogP contribution in [0.15, 0.2) is 10.7 Å². The molecule has 2 heterocycles. The zero-order chi connectivity index (χ0) is 15.4. The lowest BCUT2D eigenvalue weighted by Crippen LogP contribution is -2.44. The summed E-state index contributed by atoms with van der Waals surface area (Å²) < 4.78 is 7.57. The van der Waals surface area contributed by atoms with Crippen LogP contribution in [0.25, 0.3) is 0 Å². The number of carbonyl (C=O) groups is 1. The molecule has 118 valence electrons. The van der Waals surface area contributed by atoms with Gasteiger partial charge in [0, 0.05) is 13.7 Å². The first-order valence-corrected chi connectivity index (χ1v) is 7.97. The molecule has 0 aromatic carbocycles. The summed E-state index contributed by atoms with van der Waals surface area (Å²) in [5, 5.41) is 4.27. The van der Waals surface area contributed by atoms with Crippen LogP contribution in [0.1, 0.15) is 16.9 Å². The molecule has 1 atom stereocenters. The van der Waals surface area contributed by atoms with Crippen molar-refractivity contribution in [2.45, 2.75) is 19.0 Å². The Bertz CT molecular complexity index is 491. The molecule has 0 spiro atoms. The summed E-state index contributed by atoms with van der Waals surface area (Å²) in [6.45, 7) is 3.82. The van der Waals surface area contributed by atoms with Crippen LogP contribution in [0.4, 0.5) is 0 Å². The van der Waals surface area contributed by atoms with Crippen molar-refractivity contribution in [2.24, 2.45) is 0 Å². The molecular formula is C14H23BrN4O2. The number of ether oxygens (including phenoxy) is 1. The van der Waals surface area contributed by atoms with Gasteiger partial charge < -0.3 is 9.64 Å². The molecule has 0 radical (unpaired) electrons. The molecule has 6 nitrogen and oxygen atoms in total. The standard InChI is InChI=1S/C14H23BrN4O2/c1-17-5-4-6-18(2)12(10-17)14(20)13-11(15)9-16-19(13)7-8-21-3/h9,12H,4-8,10H2,1-3H3. The number of likely N-dealkylation sites (N-methyl/N-ethyl adjacent to an activating group) is 2. The van der Waals surface area contributed by atoms with Crippen LogP contribution in [-0.2, 0) is 11.3 Å². The zero-order valence-electron chi connectivity index (χ0n) is 12.9. The van der Waals surface area contributed by atoms with E-state index in [1.165, 1.54) is 0 Å². The minimum atomic E-state index is -0.133. The summed E-state index contributed by atoms with van der Waals surface area (Å²) in [5.41, 5.74) is 0.638. The first-order valence-electron chi connectivity index (χ1n) is 7.17. The van der Waals surface area contributed by atoms with Crippen LogP contribution in [0.3, 0.4) is 0 Å². The molecule has 0 amide bonds. The smallest absolute Gasteiger partial charge is 0.200 e. The van der Waals surface area contributed by atoms with Crippen molar-refractivity contribution in [1.82, 2.24) is 19.6 Å². The van der Waals surface area contributed by atoms with Crippen LogP contribution >= 0.6 is 15.9 Å². The molecule has 0 N–H and O–H groups in total. The lowest BCUT2D eigenvalue weighted by molar-refractivity contribution is 0.0824. The molecule has 21 heavy (non-hydrogen) atoms. The van der Waals surface area contributed by atoms with Gasteiger partial charge in [-0.25, -0.2) is 0 Å². The number of methoxy groups -OCH3 is 1. The third kappa shape index (κ3) is 3.91. The summed E-state index contributed by atoms with van der Waals surface area (Å²) in [7, 11) is 5.73. The van der Waals surface area contributed by atoms with Crippen molar-refractivity contribution >= 4 is 21.7 Å². The van der Waals surface area contributed by atoms with E-state index in [0.29, 0.717) is 18.8 Å². The van der Waals surface area contributed by atoms with Gasteiger partial charge in [-0.2, -0.15) is 5.10 Å². The number of hydrogen-bond donors (Lipinski definition) is 0. The summed E-state index contributed by atoms with van der Waals surface area (Å²) in [5.74, 6) is 0.117. The Labute approximate surface area is 134 Å². The van der Waals surface area contributed by atoms with E-state index >= 15 is 0 Å². The summed E-state index contributed by atoms with van der Waals surface area (Å²) in [4.78, 5) is 17.3. The number of halogens is 1. The molecule has 1 aromatic heterocycles. The molecular weight excluding hydrogens is 336 g/mol. The predicted octanol–water partition coefficient (Wildman–Crippen LogP) is 1.11. The lowest BCUT2D eigenvalue weighted by Gasteiger charge is -2.26. The van der Waals surface area contributed by atoms with Gasteiger partial charge in [-0.1, -0.05) is 0 Å². The molecule has 1 aliphatic heterocycles. The second-order valence-electron chi connectivity index (χ2n) is 5.53. The second kappa shape index (κ2) is 7.49. The first-order chi connectivity index (χ1) is 10.0. The van der Waals surface area contributed by atoms with Crippen molar-refractivity contribution in [3.05, 3.63) is 16.4 Å². The van der Waals surface area contributed by atoms with Crippen LogP contribution in [-0.4, -0.2) is 78.9 Å². The maximum absolute atomic E-state index is 13.0. The number of rotatable bonds is 5. The van der Waals surface area contributed by atoms with E-state index in [2.05, 4.69) is 37.9 Å². The first kappa shape index (κ1) is 16.6. The van der Waals surface area contributed by atoms with E-state index in [1.807, 2.05) is 7.05 Å². The molecule has 1 fully saturated rings. The number of aromatic nitrogens is 2. The molecule has 0 aliphatic carbocycles. The molecule has 1 unspecified atom stereocenters. The van der Waals surface area contributed by atoms with Gasteiger partial charge in [0.25, 0.3) is 0 Å². The molecule has 7 heteroatoms. The Balaban J connectivity index is 2.23. The van der Waals surface area contributed by atoms with E-state index in [1.54, 1.807) is 18.0 Å². The second-order valence-corrected chi connectivity index (χ2v) is 6.39. The Hall–Kier alpha value is -0.760. The van der Waals surface area contributed by atoms with Gasteiger partial charge in [0.2, 0.25) is 0 Å². The normalized spacial score (nSPS) is 21.4. The van der Waals surface area contributed by atoms with Crippen molar-refractivity contribution in [1.29, 1.82) is 0 Å². The molecule has 1 aromatic rings. The largest absolute Gasteiger partial charge is 0.383 e.